The third kappa shape index (κ3) is 2.91. The average molecular weight is 249 g/mol. The summed E-state index contributed by atoms with van der Waals surface area (Å²) in [6.07, 6.45) is 0. The molecule has 2 atom stereocenters. The van der Waals surface area contributed by atoms with E-state index in [-0.39, 0.29) is 24.0 Å². The molecule has 0 aliphatic carbocycles. The minimum Gasteiger partial charge on any atom is -0.396 e. The molecule has 1 fully saturated rings. The molecule has 0 aromatic heterocycles. The summed E-state index contributed by atoms with van der Waals surface area (Å²) in [6, 6.07) is 10.6. The highest BCUT2D eigenvalue weighted by Crippen LogP contribution is 2.35. The van der Waals surface area contributed by atoms with Crippen LogP contribution >= 0.6 is 0 Å². The highest BCUT2D eigenvalue weighted by molar-refractivity contribution is 5.14. The van der Waals surface area contributed by atoms with Crippen LogP contribution in [0.5, 0.6) is 0 Å². The number of hydroxylamine groups is 2. The highest BCUT2D eigenvalue weighted by Gasteiger charge is 2.42. The molecule has 3 nitrogen and oxygen atoms in total. The summed E-state index contributed by atoms with van der Waals surface area (Å²) in [4.78, 5) is 5.77. The van der Waals surface area contributed by atoms with E-state index in [1.54, 1.807) is 0 Å². The topological polar surface area (TPSA) is 32.7 Å². The van der Waals surface area contributed by atoms with Crippen molar-refractivity contribution in [3.05, 3.63) is 35.9 Å². The average Bonchev–Trinajstić information content (AvgIpc) is 2.73. The largest absolute Gasteiger partial charge is 0.396 e. The van der Waals surface area contributed by atoms with Gasteiger partial charge < -0.3 is 5.11 Å². The summed E-state index contributed by atoms with van der Waals surface area (Å²) < 4.78 is 0. The van der Waals surface area contributed by atoms with E-state index in [9.17, 15) is 5.11 Å². The van der Waals surface area contributed by atoms with Crippen LogP contribution in [0.4, 0.5) is 0 Å². The van der Waals surface area contributed by atoms with Crippen molar-refractivity contribution in [1.29, 1.82) is 0 Å². The van der Waals surface area contributed by atoms with E-state index in [1.807, 2.05) is 23.3 Å². The second-order valence-electron chi connectivity index (χ2n) is 6.11. The fourth-order valence-electron chi connectivity index (χ4n) is 2.80. The van der Waals surface area contributed by atoms with E-state index in [0.717, 1.165) is 6.54 Å². The van der Waals surface area contributed by atoms with Gasteiger partial charge in [0.05, 0.1) is 6.61 Å². The van der Waals surface area contributed by atoms with Crippen LogP contribution in [0.2, 0.25) is 0 Å². The Morgan fingerprint density at radius 1 is 1.28 bits per heavy atom. The van der Waals surface area contributed by atoms with Crippen molar-refractivity contribution in [3.63, 3.8) is 0 Å². The molecule has 0 spiro atoms. The van der Waals surface area contributed by atoms with Gasteiger partial charge in [0, 0.05) is 25.1 Å². The van der Waals surface area contributed by atoms with Gasteiger partial charge in [-0.3, -0.25) is 4.84 Å². The number of hydrogen-bond acceptors (Lipinski definition) is 3. The Morgan fingerprint density at radius 3 is 2.50 bits per heavy atom. The summed E-state index contributed by atoms with van der Waals surface area (Å²) in [6.45, 7) is 8.19. The number of nitrogens with zero attached hydrogens (tertiary/aromatic N) is 1. The van der Waals surface area contributed by atoms with Gasteiger partial charge in [-0.1, -0.05) is 51.1 Å². The van der Waals surface area contributed by atoms with Crippen LogP contribution in [-0.2, 0) is 11.4 Å². The SMILES string of the molecule is CC(C)(C)[C@@H]1[C@@H](CO)CON1Cc1ccccc1. The molecule has 1 aromatic rings. The van der Waals surface area contributed by atoms with E-state index >= 15 is 0 Å². The number of aliphatic hydroxyl groups is 1. The Labute approximate surface area is 109 Å². The Morgan fingerprint density at radius 2 is 1.94 bits per heavy atom. The fourth-order valence-corrected chi connectivity index (χ4v) is 2.80. The molecule has 0 amide bonds. The van der Waals surface area contributed by atoms with Gasteiger partial charge in [0.1, 0.15) is 0 Å². The van der Waals surface area contributed by atoms with Crippen molar-refractivity contribution in [3.8, 4) is 0 Å². The van der Waals surface area contributed by atoms with Gasteiger partial charge in [-0.2, -0.15) is 5.06 Å². The second-order valence-corrected chi connectivity index (χ2v) is 6.11. The molecule has 0 radical (unpaired) electrons. The number of rotatable bonds is 3. The van der Waals surface area contributed by atoms with E-state index in [2.05, 4.69) is 32.9 Å². The predicted molar refractivity (Wildman–Crippen MR) is 71.8 cm³/mol. The summed E-state index contributed by atoms with van der Waals surface area (Å²) in [5.41, 5.74) is 1.34. The molecule has 100 valence electrons. The third-order valence-corrected chi connectivity index (χ3v) is 3.51. The lowest BCUT2D eigenvalue weighted by molar-refractivity contribution is -0.157. The van der Waals surface area contributed by atoms with E-state index in [4.69, 9.17) is 4.84 Å². The zero-order valence-electron chi connectivity index (χ0n) is 11.5. The molecule has 1 aliphatic heterocycles. The van der Waals surface area contributed by atoms with Crippen molar-refractivity contribution < 1.29 is 9.94 Å². The number of benzene rings is 1. The summed E-state index contributed by atoms with van der Waals surface area (Å²) in [5, 5.41) is 11.5. The second kappa shape index (κ2) is 5.39. The molecule has 1 N–H and O–H groups in total. The highest BCUT2D eigenvalue weighted by atomic mass is 16.7. The van der Waals surface area contributed by atoms with E-state index in [1.165, 1.54) is 5.56 Å². The number of aliphatic hydroxyl groups excluding tert-OH is 1. The fraction of sp³-hybridized carbons (Fsp3) is 0.600. The van der Waals surface area contributed by atoms with Gasteiger partial charge in [0.2, 0.25) is 0 Å². The van der Waals surface area contributed by atoms with Gasteiger partial charge in [-0.25, -0.2) is 0 Å². The lowest BCUT2D eigenvalue weighted by atomic mass is 9.79. The van der Waals surface area contributed by atoms with Crippen LogP contribution < -0.4 is 0 Å². The maximum absolute atomic E-state index is 9.48. The molecule has 3 heteroatoms. The normalized spacial score (nSPS) is 25.6. The Bertz CT molecular complexity index is 372. The van der Waals surface area contributed by atoms with Crippen molar-refractivity contribution >= 4 is 0 Å². The summed E-state index contributed by atoms with van der Waals surface area (Å²) in [5.74, 6) is 0.203. The van der Waals surface area contributed by atoms with Crippen molar-refractivity contribution in [1.82, 2.24) is 5.06 Å². The third-order valence-electron chi connectivity index (χ3n) is 3.51. The molecular weight excluding hydrogens is 226 g/mol. The van der Waals surface area contributed by atoms with E-state index in [0.29, 0.717) is 6.61 Å². The first kappa shape index (κ1) is 13.5. The van der Waals surface area contributed by atoms with Gasteiger partial charge in [0.25, 0.3) is 0 Å². The maximum Gasteiger partial charge on any atom is 0.0751 e. The van der Waals surface area contributed by atoms with Crippen LogP contribution in [0.15, 0.2) is 30.3 Å². The van der Waals surface area contributed by atoms with Crippen LogP contribution in [0, 0.1) is 11.3 Å². The monoisotopic (exact) mass is 249 g/mol. The van der Waals surface area contributed by atoms with Gasteiger partial charge in [-0.05, 0) is 11.0 Å². The van der Waals surface area contributed by atoms with Crippen molar-refractivity contribution in [2.75, 3.05) is 13.2 Å². The summed E-state index contributed by atoms with van der Waals surface area (Å²) in [7, 11) is 0. The first-order valence-electron chi connectivity index (χ1n) is 6.56. The Hall–Kier alpha value is -0.900. The quantitative estimate of drug-likeness (QED) is 0.893. The van der Waals surface area contributed by atoms with Crippen LogP contribution in [0.3, 0.4) is 0 Å². The smallest absolute Gasteiger partial charge is 0.0751 e. The molecule has 1 aromatic carbocycles. The zero-order chi connectivity index (χ0) is 13.2. The van der Waals surface area contributed by atoms with Crippen LogP contribution in [0.1, 0.15) is 26.3 Å². The minimum absolute atomic E-state index is 0.0959. The minimum atomic E-state index is 0.0959. The molecule has 2 rings (SSSR count). The molecule has 18 heavy (non-hydrogen) atoms. The standard InChI is InChI=1S/C15H23NO2/c1-15(2,3)14-13(10-17)11-18-16(14)9-12-7-5-4-6-8-12/h4-8,13-14,17H,9-11H2,1-3H3/t13-,14-/m0/s1. The molecule has 1 heterocycles. The molecule has 0 saturated carbocycles. The van der Waals surface area contributed by atoms with Gasteiger partial charge in [-0.15, -0.1) is 0 Å². The zero-order valence-corrected chi connectivity index (χ0v) is 11.5. The van der Waals surface area contributed by atoms with Crippen molar-refractivity contribution in [2.24, 2.45) is 11.3 Å². The van der Waals surface area contributed by atoms with Gasteiger partial charge in [0.15, 0.2) is 0 Å². The first-order chi connectivity index (χ1) is 8.52. The lowest BCUT2D eigenvalue weighted by Gasteiger charge is -2.35. The van der Waals surface area contributed by atoms with E-state index < -0.39 is 0 Å². The first-order valence-corrected chi connectivity index (χ1v) is 6.56. The molecule has 0 bridgehead atoms. The van der Waals surface area contributed by atoms with Crippen LogP contribution in [-0.4, -0.2) is 29.4 Å². The number of hydrogen-bond donors (Lipinski definition) is 1. The lowest BCUT2D eigenvalue weighted by Crippen LogP contribution is -2.43. The molecule has 1 aliphatic rings. The Kier molecular flexibility index (Phi) is 4.05. The van der Waals surface area contributed by atoms with Gasteiger partial charge >= 0.3 is 0 Å². The molecule has 0 unspecified atom stereocenters. The Balaban J connectivity index is 2.12. The van der Waals surface area contributed by atoms with Crippen molar-refractivity contribution in [2.45, 2.75) is 33.4 Å². The maximum atomic E-state index is 9.48. The summed E-state index contributed by atoms with van der Waals surface area (Å²) >= 11 is 0. The van der Waals surface area contributed by atoms with Crippen LogP contribution in [0.25, 0.3) is 0 Å². The predicted octanol–water partition coefficient (Wildman–Crippen LogP) is 2.46. The molecule has 1 saturated heterocycles. The molecular formula is C15H23NO2.